The molecule has 4 heterocycles. The summed E-state index contributed by atoms with van der Waals surface area (Å²) in [6.07, 6.45) is 4.86. The van der Waals surface area contributed by atoms with Crippen LogP contribution in [0, 0.1) is 0 Å². The van der Waals surface area contributed by atoms with Gasteiger partial charge in [0.15, 0.2) is 5.65 Å². The van der Waals surface area contributed by atoms with E-state index in [9.17, 15) is 9.59 Å². The Morgan fingerprint density at radius 1 is 1.00 bits per heavy atom. The lowest BCUT2D eigenvalue weighted by Gasteiger charge is -2.40. The average Bonchev–Trinajstić information content (AvgIpc) is 3.27. The number of aliphatic imine (C=N–C) groups is 1. The van der Waals surface area contributed by atoms with Gasteiger partial charge in [0.2, 0.25) is 0 Å². The fourth-order valence-corrected chi connectivity index (χ4v) is 5.73. The molecule has 0 bridgehead atoms. The van der Waals surface area contributed by atoms with E-state index in [1.54, 1.807) is 28.4 Å². The summed E-state index contributed by atoms with van der Waals surface area (Å²) in [5.74, 6) is -0.0898. The molecule has 6 rings (SSSR count). The molecule has 208 valence electrons. The Hall–Kier alpha value is -4.59. The smallest absolute Gasteiger partial charge is 0.410 e. The van der Waals surface area contributed by atoms with Crippen LogP contribution >= 0.6 is 0 Å². The van der Waals surface area contributed by atoms with E-state index in [0.29, 0.717) is 36.5 Å². The summed E-state index contributed by atoms with van der Waals surface area (Å²) in [6.45, 7) is 11.3. The third-order valence-corrected chi connectivity index (χ3v) is 7.54. The van der Waals surface area contributed by atoms with Crippen LogP contribution in [0.25, 0.3) is 11.0 Å². The van der Waals surface area contributed by atoms with Crippen LogP contribution in [0.3, 0.4) is 0 Å². The van der Waals surface area contributed by atoms with Gasteiger partial charge in [-0.3, -0.25) is 9.79 Å². The molecule has 0 saturated heterocycles. The van der Waals surface area contributed by atoms with Crippen molar-refractivity contribution in [3.8, 4) is 0 Å². The topological polar surface area (TPSA) is 88.0 Å². The second-order valence-corrected chi connectivity index (χ2v) is 12.3. The normalized spacial score (nSPS) is 16.3. The Kier molecular flexibility index (Phi) is 6.36. The fraction of sp³-hybridized carbons (Fsp3) is 0.303. The lowest BCUT2D eigenvalue weighted by molar-refractivity contribution is 0.0174. The summed E-state index contributed by atoms with van der Waals surface area (Å²) >= 11 is 0. The Morgan fingerprint density at radius 3 is 2.61 bits per heavy atom. The molecule has 0 N–H and O–H groups in total. The molecule has 2 aliphatic rings. The summed E-state index contributed by atoms with van der Waals surface area (Å²) in [5.41, 5.74) is 5.86. The van der Waals surface area contributed by atoms with Gasteiger partial charge >= 0.3 is 6.09 Å². The molecule has 8 heteroatoms. The number of carbonyl (C=O) groups is 2. The largest absolute Gasteiger partial charge is 0.444 e. The first-order chi connectivity index (χ1) is 19.5. The highest BCUT2D eigenvalue weighted by atomic mass is 16.6. The van der Waals surface area contributed by atoms with Crippen molar-refractivity contribution in [3.05, 3.63) is 94.8 Å². The number of pyridine rings is 2. The van der Waals surface area contributed by atoms with Gasteiger partial charge in [-0.15, -0.1) is 0 Å². The zero-order valence-corrected chi connectivity index (χ0v) is 24.0. The van der Waals surface area contributed by atoms with Gasteiger partial charge in [-0.25, -0.2) is 14.8 Å². The third-order valence-electron chi connectivity index (χ3n) is 7.54. The van der Waals surface area contributed by atoms with Crippen molar-refractivity contribution in [2.75, 3.05) is 11.4 Å². The first kappa shape index (κ1) is 26.6. The molecule has 0 atom stereocenters. The van der Waals surface area contributed by atoms with Crippen molar-refractivity contribution in [1.82, 2.24) is 14.9 Å². The molecule has 0 unspecified atom stereocenters. The van der Waals surface area contributed by atoms with Crippen LogP contribution in [0.15, 0.2) is 72.0 Å². The molecular weight excluding hydrogens is 514 g/mol. The number of anilines is 1. The van der Waals surface area contributed by atoms with Crippen molar-refractivity contribution in [1.29, 1.82) is 0 Å². The van der Waals surface area contributed by atoms with E-state index in [4.69, 9.17) is 9.73 Å². The summed E-state index contributed by atoms with van der Waals surface area (Å²) in [5, 5.41) is 0.900. The minimum Gasteiger partial charge on any atom is -0.444 e. The second-order valence-electron chi connectivity index (χ2n) is 12.3. The van der Waals surface area contributed by atoms with Gasteiger partial charge in [0.05, 0.1) is 17.8 Å². The fourth-order valence-electron chi connectivity index (χ4n) is 5.73. The molecule has 2 aliphatic heterocycles. The Morgan fingerprint density at radius 2 is 1.80 bits per heavy atom. The summed E-state index contributed by atoms with van der Waals surface area (Å²) in [6, 6.07) is 17.6. The Balaban J connectivity index is 1.29. The van der Waals surface area contributed by atoms with E-state index in [2.05, 4.69) is 29.9 Å². The average molecular weight is 548 g/mol. The summed E-state index contributed by atoms with van der Waals surface area (Å²) < 4.78 is 5.67. The highest BCUT2D eigenvalue weighted by Gasteiger charge is 2.37. The standard InChI is InChI=1S/C33H33N5O3/c1-32(2,3)41-31(40)37-18-23-16-24(11-12-26(23)33(4,5)20-37)38-19-22-8-6-10-27(28(22)30(38)39)36-17-21-13-15-35-29-25(21)9-7-14-34-29/h6-17H,18-20H2,1-5H3. The number of benzene rings is 2. The quantitative estimate of drug-likeness (QED) is 0.271. The predicted octanol–water partition coefficient (Wildman–Crippen LogP) is 6.57. The van der Waals surface area contributed by atoms with E-state index >= 15 is 0 Å². The number of aromatic nitrogens is 2. The van der Waals surface area contributed by atoms with E-state index in [-0.39, 0.29) is 17.4 Å². The Bertz CT molecular complexity index is 1710. The van der Waals surface area contributed by atoms with E-state index < -0.39 is 5.60 Å². The number of fused-ring (bicyclic) bond motifs is 3. The van der Waals surface area contributed by atoms with Crippen LogP contribution in [-0.4, -0.2) is 45.2 Å². The van der Waals surface area contributed by atoms with Crippen LogP contribution in [-0.2, 0) is 23.2 Å². The SMILES string of the molecule is CC(C)(C)OC(=O)N1Cc2cc(N3Cc4cccc(N=Cc5ccnc6ncccc56)c4C3=O)ccc2C(C)(C)C1. The number of nitrogens with zero attached hydrogens (tertiary/aromatic N) is 5. The number of carbonyl (C=O) groups excluding carboxylic acids is 2. The lowest BCUT2D eigenvalue weighted by atomic mass is 9.78. The summed E-state index contributed by atoms with van der Waals surface area (Å²) in [4.78, 5) is 43.7. The molecule has 0 fully saturated rings. The molecule has 0 radical (unpaired) electrons. The zero-order valence-electron chi connectivity index (χ0n) is 24.0. The van der Waals surface area contributed by atoms with Crippen LogP contribution in [0.1, 0.15) is 67.2 Å². The highest BCUT2D eigenvalue weighted by molar-refractivity contribution is 6.13. The van der Waals surface area contributed by atoms with Gasteiger partial charge in [-0.05, 0) is 73.9 Å². The van der Waals surface area contributed by atoms with Crippen LogP contribution in [0.4, 0.5) is 16.2 Å². The number of hydrogen-bond donors (Lipinski definition) is 0. The number of amides is 2. The van der Waals surface area contributed by atoms with Gasteiger partial charge in [-0.1, -0.05) is 32.0 Å². The van der Waals surface area contributed by atoms with Crippen LogP contribution < -0.4 is 4.90 Å². The maximum Gasteiger partial charge on any atom is 0.410 e. The first-order valence-corrected chi connectivity index (χ1v) is 13.8. The minimum atomic E-state index is -0.571. The molecule has 0 spiro atoms. The van der Waals surface area contributed by atoms with Crippen molar-refractivity contribution in [2.24, 2.45) is 4.99 Å². The Labute approximate surface area is 239 Å². The van der Waals surface area contributed by atoms with E-state index in [1.165, 1.54) is 5.56 Å². The maximum atomic E-state index is 13.8. The molecule has 0 aliphatic carbocycles. The summed E-state index contributed by atoms with van der Waals surface area (Å²) in [7, 11) is 0. The molecular formula is C33H33N5O3. The minimum absolute atomic E-state index is 0.0898. The van der Waals surface area contributed by atoms with E-state index in [1.807, 2.05) is 69.3 Å². The monoisotopic (exact) mass is 547 g/mol. The van der Waals surface area contributed by atoms with Crippen molar-refractivity contribution >= 4 is 40.6 Å². The molecule has 4 aromatic rings. The lowest BCUT2D eigenvalue weighted by Crippen LogP contribution is -2.46. The van der Waals surface area contributed by atoms with Crippen LogP contribution in [0.5, 0.6) is 0 Å². The van der Waals surface area contributed by atoms with Gasteiger partial charge in [0.1, 0.15) is 5.60 Å². The van der Waals surface area contributed by atoms with Crippen molar-refractivity contribution in [3.63, 3.8) is 0 Å². The number of ether oxygens (including phenoxy) is 1. The molecule has 8 nitrogen and oxygen atoms in total. The zero-order chi connectivity index (χ0) is 28.9. The molecule has 2 amide bonds. The maximum absolute atomic E-state index is 13.8. The molecule has 0 saturated carbocycles. The van der Waals surface area contributed by atoms with Gasteiger partial charge in [-0.2, -0.15) is 0 Å². The number of hydrogen-bond acceptors (Lipinski definition) is 6. The third kappa shape index (κ3) is 5.06. The molecule has 2 aromatic carbocycles. The van der Waals surface area contributed by atoms with Gasteiger partial charge in [0, 0.05) is 53.7 Å². The second kappa shape index (κ2) is 9.80. The van der Waals surface area contributed by atoms with Crippen molar-refractivity contribution < 1.29 is 14.3 Å². The predicted molar refractivity (Wildman–Crippen MR) is 160 cm³/mol. The first-order valence-electron chi connectivity index (χ1n) is 13.8. The van der Waals surface area contributed by atoms with E-state index in [0.717, 1.165) is 27.8 Å². The van der Waals surface area contributed by atoms with Crippen LogP contribution in [0.2, 0.25) is 0 Å². The highest BCUT2D eigenvalue weighted by Crippen LogP contribution is 2.39. The molecule has 2 aromatic heterocycles. The van der Waals surface area contributed by atoms with Gasteiger partial charge in [0.25, 0.3) is 5.91 Å². The number of rotatable bonds is 3. The van der Waals surface area contributed by atoms with Crippen molar-refractivity contribution in [2.45, 2.75) is 58.7 Å². The van der Waals surface area contributed by atoms with Gasteiger partial charge < -0.3 is 14.5 Å². The molecule has 41 heavy (non-hydrogen) atoms.